The minimum Gasteiger partial charge on any atom is -0.325 e. The van der Waals surface area contributed by atoms with E-state index in [4.69, 9.17) is 5.73 Å². The molecule has 1 saturated carbocycles. The molecular formula is C12H15BrFN. The zero-order chi connectivity index (χ0) is 10.9. The van der Waals surface area contributed by atoms with Crippen LogP contribution in [0.4, 0.5) is 4.39 Å². The van der Waals surface area contributed by atoms with Crippen LogP contribution in [0.1, 0.15) is 31.2 Å². The van der Waals surface area contributed by atoms with Crippen molar-refractivity contribution in [1.29, 1.82) is 0 Å². The van der Waals surface area contributed by atoms with Crippen LogP contribution in [-0.2, 0) is 6.42 Å². The minimum atomic E-state index is -0.185. The summed E-state index contributed by atoms with van der Waals surface area (Å²) in [5, 5.41) is 0. The molecule has 1 nitrogen and oxygen atoms in total. The van der Waals surface area contributed by atoms with E-state index in [0.29, 0.717) is 0 Å². The Bertz CT molecular complexity index is 359. The van der Waals surface area contributed by atoms with Gasteiger partial charge >= 0.3 is 0 Å². The van der Waals surface area contributed by atoms with E-state index in [-0.39, 0.29) is 11.4 Å². The largest absolute Gasteiger partial charge is 0.325 e. The Balaban J connectivity index is 2.19. The summed E-state index contributed by atoms with van der Waals surface area (Å²) < 4.78 is 14.0. The van der Waals surface area contributed by atoms with E-state index in [0.717, 1.165) is 29.3 Å². The fourth-order valence-electron chi connectivity index (χ4n) is 2.31. The van der Waals surface area contributed by atoms with Crippen molar-refractivity contribution in [3.05, 3.63) is 34.1 Å². The molecule has 15 heavy (non-hydrogen) atoms. The molecule has 0 atom stereocenters. The van der Waals surface area contributed by atoms with E-state index in [1.165, 1.54) is 18.9 Å². The molecule has 0 aliphatic heterocycles. The van der Waals surface area contributed by atoms with Crippen molar-refractivity contribution >= 4 is 15.9 Å². The third-order valence-corrected chi connectivity index (χ3v) is 3.92. The van der Waals surface area contributed by atoms with Gasteiger partial charge in [-0.25, -0.2) is 4.39 Å². The number of benzene rings is 1. The van der Waals surface area contributed by atoms with Gasteiger partial charge in [0.1, 0.15) is 5.82 Å². The Morgan fingerprint density at radius 3 is 2.67 bits per heavy atom. The first-order valence-corrected chi connectivity index (χ1v) is 6.11. The first-order chi connectivity index (χ1) is 7.09. The summed E-state index contributed by atoms with van der Waals surface area (Å²) in [6.07, 6.45) is 5.27. The smallest absolute Gasteiger partial charge is 0.123 e. The van der Waals surface area contributed by atoms with E-state index >= 15 is 0 Å². The molecule has 0 bridgehead atoms. The summed E-state index contributed by atoms with van der Waals surface area (Å²) in [5.41, 5.74) is 7.14. The standard InChI is InChI=1S/C12H15BrFN/c13-11-4-3-10(14)7-9(11)8-12(15)5-1-2-6-12/h3-4,7H,1-2,5-6,8,15H2. The molecule has 0 amide bonds. The van der Waals surface area contributed by atoms with E-state index in [1.807, 2.05) is 0 Å². The molecule has 0 saturated heterocycles. The average molecular weight is 272 g/mol. The van der Waals surface area contributed by atoms with Crippen LogP contribution >= 0.6 is 15.9 Å². The normalized spacial score (nSPS) is 19.4. The van der Waals surface area contributed by atoms with Crippen LogP contribution in [0.25, 0.3) is 0 Å². The van der Waals surface area contributed by atoms with Crippen molar-refractivity contribution in [3.63, 3.8) is 0 Å². The lowest BCUT2D eigenvalue weighted by Crippen LogP contribution is -2.38. The average Bonchev–Trinajstić information content (AvgIpc) is 2.59. The van der Waals surface area contributed by atoms with E-state index in [9.17, 15) is 4.39 Å². The van der Waals surface area contributed by atoms with Crippen LogP contribution in [0, 0.1) is 5.82 Å². The second-order valence-corrected chi connectivity index (χ2v) is 5.34. The second-order valence-electron chi connectivity index (χ2n) is 4.48. The van der Waals surface area contributed by atoms with Crippen molar-refractivity contribution in [3.8, 4) is 0 Å². The van der Waals surface area contributed by atoms with Crippen molar-refractivity contribution in [2.75, 3.05) is 0 Å². The highest BCUT2D eigenvalue weighted by molar-refractivity contribution is 9.10. The monoisotopic (exact) mass is 271 g/mol. The van der Waals surface area contributed by atoms with Crippen LogP contribution in [-0.4, -0.2) is 5.54 Å². The zero-order valence-corrected chi connectivity index (χ0v) is 10.2. The molecule has 0 unspecified atom stereocenters. The molecule has 0 radical (unpaired) electrons. The van der Waals surface area contributed by atoms with E-state index in [1.54, 1.807) is 12.1 Å². The molecule has 1 aromatic rings. The molecular weight excluding hydrogens is 257 g/mol. The number of nitrogens with two attached hydrogens (primary N) is 1. The summed E-state index contributed by atoms with van der Waals surface area (Å²) >= 11 is 3.44. The third kappa shape index (κ3) is 2.58. The first kappa shape index (κ1) is 11.1. The zero-order valence-electron chi connectivity index (χ0n) is 8.60. The van der Waals surface area contributed by atoms with Crippen LogP contribution in [0.5, 0.6) is 0 Å². The van der Waals surface area contributed by atoms with E-state index < -0.39 is 0 Å². The topological polar surface area (TPSA) is 26.0 Å². The van der Waals surface area contributed by atoms with Crippen LogP contribution in [0.2, 0.25) is 0 Å². The van der Waals surface area contributed by atoms with Crippen LogP contribution < -0.4 is 5.73 Å². The van der Waals surface area contributed by atoms with Gasteiger partial charge in [-0.2, -0.15) is 0 Å². The maximum Gasteiger partial charge on any atom is 0.123 e. The lowest BCUT2D eigenvalue weighted by Gasteiger charge is -2.24. The number of rotatable bonds is 2. The van der Waals surface area contributed by atoms with Gasteiger partial charge in [-0.1, -0.05) is 28.8 Å². The van der Waals surface area contributed by atoms with Gasteiger partial charge in [-0.15, -0.1) is 0 Å². The maximum absolute atomic E-state index is 13.1. The molecule has 3 heteroatoms. The van der Waals surface area contributed by atoms with Gasteiger partial charge in [-0.3, -0.25) is 0 Å². The predicted octanol–water partition coefficient (Wildman–Crippen LogP) is 3.40. The molecule has 1 aromatic carbocycles. The quantitative estimate of drug-likeness (QED) is 0.877. The van der Waals surface area contributed by atoms with Crippen LogP contribution in [0.15, 0.2) is 22.7 Å². The maximum atomic E-state index is 13.1. The number of halogens is 2. The lowest BCUT2D eigenvalue weighted by molar-refractivity contribution is 0.434. The molecule has 82 valence electrons. The van der Waals surface area contributed by atoms with Gasteiger partial charge in [0.25, 0.3) is 0 Å². The van der Waals surface area contributed by atoms with Crippen molar-refractivity contribution in [2.24, 2.45) is 5.73 Å². The first-order valence-electron chi connectivity index (χ1n) is 5.32. The van der Waals surface area contributed by atoms with Crippen molar-refractivity contribution < 1.29 is 4.39 Å². The molecule has 1 aliphatic carbocycles. The predicted molar refractivity (Wildman–Crippen MR) is 63.2 cm³/mol. The molecule has 1 fully saturated rings. The Morgan fingerprint density at radius 2 is 2.00 bits per heavy atom. The van der Waals surface area contributed by atoms with Gasteiger partial charge in [0.05, 0.1) is 0 Å². The van der Waals surface area contributed by atoms with Gasteiger partial charge in [0, 0.05) is 10.0 Å². The Morgan fingerprint density at radius 1 is 1.33 bits per heavy atom. The summed E-state index contributed by atoms with van der Waals surface area (Å²) in [7, 11) is 0. The Labute approximate surface area is 98.0 Å². The second kappa shape index (κ2) is 4.22. The number of hydrogen-bond acceptors (Lipinski definition) is 1. The molecule has 2 N–H and O–H groups in total. The number of hydrogen-bond donors (Lipinski definition) is 1. The highest BCUT2D eigenvalue weighted by Gasteiger charge is 2.29. The van der Waals surface area contributed by atoms with Crippen molar-refractivity contribution in [2.45, 2.75) is 37.6 Å². The molecule has 0 spiro atoms. The van der Waals surface area contributed by atoms with Gasteiger partial charge in [0.2, 0.25) is 0 Å². The highest BCUT2D eigenvalue weighted by atomic mass is 79.9. The summed E-state index contributed by atoms with van der Waals surface area (Å²) in [6.45, 7) is 0. The summed E-state index contributed by atoms with van der Waals surface area (Å²) in [4.78, 5) is 0. The minimum absolute atomic E-state index is 0.115. The van der Waals surface area contributed by atoms with Gasteiger partial charge < -0.3 is 5.73 Å². The fraction of sp³-hybridized carbons (Fsp3) is 0.500. The fourth-order valence-corrected chi connectivity index (χ4v) is 2.70. The third-order valence-electron chi connectivity index (χ3n) is 3.15. The Hall–Kier alpha value is -0.410. The highest BCUT2D eigenvalue weighted by Crippen LogP contribution is 2.32. The molecule has 0 aromatic heterocycles. The van der Waals surface area contributed by atoms with Crippen molar-refractivity contribution in [1.82, 2.24) is 0 Å². The molecule has 2 rings (SSSR count). The van der Waals surface area contributed by atoms with Crippen LogP contribution in [0.3, 0.4) is 0 Å². The SMILES string of the molecule is NC1(Cc2cc(F)ccc2Br)CCCC1. The summed E-state index contributed by atoms with van der Waals surface area (Å²) in [6, 6.07) is 4.80. The molecule has 0 heterocycles. The Kier molecular flexibility index (Phi) is 3.12. The molecule has 1 aliphatic rings. The van der Waals surface area contributed by atoms with E-state index in [2.05, 4.69) is 15.9 Å². The van der Waals surface area contributed by atoms with Gasteiger partial charge in [-0.05, 0) is 43.0 Å². The lowest BCUT2D eigenvalue weighted by atomic mass is 9.90. The summed E-state index contributed by atoms with van der Waals surface area (Å²) in [5.74, 6) is -0.185. The van der Waals surface area contributed by atoms with Gasteiger partial charge in [0.15, 0.2) is 0 Å².